The molecule has 4 aromatic rings. The van der Waals surface area contributed by atoms with Gasteiger partial charge in [0.2, 0.25) is 5.13 Å². The molecule has 118 valence electrons. The van der Waals surface area contributed by atoms with Gasteiger partial charge < -0.3 is 9.73 Å². The van der Waals surface area contributed by atoms with Gasteiger partial charge in [0.15, 0.2) is 5.01 Å². The van der Waals surface area contributed by atoms with Crippen LogP contribution in [0.5, 0.6) is 0 Å². The number of rotatable bonds is 3. The Morgan fingerprint density at radius 3 is 2.67 bits per heavy atom. The third kappa shape index (κ3) is 2.79. The van der Waals surface area contributed by atoms with Crippen molar-refractivity contribution >= 4 is 33.1 Å². The van der Waals surface area contributed by atoms with Gasteiger partial charge in [0.25, 0.3) is 0 Å². The van der Waals surface area contributed by atoms with Crippen LogP contribution in [0.3, 0.4) is 0 Å². The van der Waals surface area contributed by atoms with Crippen molar-refractivity contribution < 1.29 is 4.42 Å². The lowest BCUT2D eigenvalue weighted by atomic mass is 10.2. The predicted octanol–water partition coefficient (Wildman–Crippen LogP) is 4.36. The molecule has 0 aliphatic rings. The Bertz CT molecular complexity index is 1070. The molecule has 2 aromatic heterocycles. The smallest absolute Gasteiger partial charge is 0.346 e. The van der Waals surface area contributed by atoms with Gasteiger partial charge in [-0.2, -0.15) is 0 Å². The minimum Gasteiger partial charge on any atom is -0.422 e. The van der Waals surface area contributed by atoms with Crippen molar-refractivity contribution in [3.63, 3.8) is 0 Å². The van der Waals surface area contributed by atoms with Gasteiger partial charge in [0.1, 0.15) is 5.58 Å². The summed E-state index contributed by atoms with van der Waals surface area (Å²) in [6.07, 6.45) is 0. The summed E-state index contributed by atoms with van der Waals surface area (Å²) in [7, 11) is 0. The first-order valence-electron chi connectivity index (χ1n) is 7.39. The molecule has 0 bridgehead atoms. The molecule has 0 spiro atoms. The number of benzene rings is 2. The number of para-hydroxylation sites is 1. The normalized spacial score (nSPS) is 10.9. The molecule has 0 atom stereocenters. The molecule has 0 fully saturated rings. The molecule has 2 heterocycles. The number of hydrogen-bond acceptors (Lipinski definition) is 6. The van der Waals surface area contributed by atoms with Crippen LogP contribution < -0.4 is 10.9 Å². The van der Waals surface area contributed by atoms with Gasteiger partial charge in [-0.25, -0.2) is 4.79 Å². The van der Waals surface area contributed by atoms with Crippen LogP contribution in [-0.2, 0) is 0 Å². The van der Waals surface area contributed by atoms with Crippen LogP contribution in [0.4, 0.5) is 10.8 Å². The van der Waals surface area contributed by atoms with Crippen molar-refractivity contribution in [1.82, 2.24) is 10.2 Å². The number of hydrogen-bond donors (Lipinski definition) is 1. The molecular formula is C18H13N3O2S. The lowest BCUT2D eigenvalue weighted by Crippen LogP contribution is -2.02. The summed E-state index contributed by atoms with van der Waals surface area (Å²) >= 11 is 1.31. The van der Waals surface area contributed by atoms with Gasteiger partial charge in [-0.3, -0.25) is 0 Å². The summed E-state index contributed by atoms with van der Waals surface area (Å²) in [4.78, 5) is 12.2. The Morgan fingerprint density at radius 2 is 1.83 bits per heavy atom. The number of fused-ring (bicyclic) bond motifs is 1. The van der Waals surface area contributed by atoms with E-state index in [1.54, 1.807) is 12.1 Å². The molecule has 0 saturated heterocycles. The maximum atomic E-state index is 12.2. The zero-order valence-electron chi connectivity index (χ0n) is 12.8. The van der Waals surface area contributed by atoms with Crippen molar-refractivity contribution in [3.8, 4) is 10.6 Å². The molecule has 1 N–H and O–H groups in total. The van der Waals surface area contributed by atoms with Gasteiger partial charge in [-0.1, -0.05) is 47.2 Å². The third-order valence-electron chi connectivity index (χ3n) is 3.60. The monoisotopic (exact) mass is 335 g/mol. The Morgan fingerprint density at radius 1 is 1.04 bits per heavy atom. The first-order chi connectivity index (χ1) is 11.7. The number of aromatic nitrogens is 2. The fraction of sp³-hybridized carbons (Fsp3) is 0.0556. The molecule has 0 unspecified atom stereocenters. The molecule has 0 saturated carbocycles. The topological polar surface area (TPSA) is 68.0 Å². The molecule has 0 radical (unpaired) electrons. The van der Waals surface area contributed by atoms with E-state index >= 15 is 0 Å². The van der Waals surface area contributed by atoms with E-state index in [2.05, 4.69) is 15.5 Å². The van der Waals surface area contributed by atoms with Gasteiger partial charge in [0.05, 0.1) is 5.56 Å². The van der Waals surface area contributed by atoms with Crippen LogP contribution in [0.15, 0.2) is 63.8 Å². The Kier molecular flexibility index (Phi) is 3.59. The second-order valence-electron chi connectivity index (χ2n) is 5.39. The molecule has 5 nitrogen and oxygen atoms in total. The maximum Gasteiger partial charge on any atom is 0.346 e. The van der Waals surface area contributed by atoms with Crippen molar-refractivity contribution in [1.29, 1.82) is 0 Å². The number of nitrogens with one attached hydrogen (secondary N) is 1. The van der Waals surface area contributed by atoms with E-state index in [4.69, 9.17) is 4.42 Å². The molecule has 0 aliphatic heterocycles. The molecule has 24 heavy (non-hydrogen) atoms. The quantitative estimate of drug-likeness (QED) is 0.563. The number of aryl methyl sites for hydroxylation is 1. The SMILES string of the molecule is Cc1ccc(Nc2nnc(-c3cc4ccccc4oc3=O)s2)cc1. The number of nitrogens with zero attached hydrogens (tertiary/aromatic N) is 2. The highest BCUT2D eigenvalue weighted by atomic mass is 32.1. The van der Waals surface area contributed by atoms with E-state index in [1.165, 1.54) is 16.9 Å². The maximum absolute atomic E-state index is 12.2. The van der Waals surface area contributed by atoms with E-state index in [1.807, 2.05) is 49.4 Å². The zero-order valence-corrected chi connectivity index (χ0v) is 13.6. The summed E-state index contributed by atoms with van der Waals surface area (Å²) in [5.74, 6) is 0. The van der Waals surface area contributed by atoms with Crippen LogP contribution in [0.25, 0.3) is 21.5 Å². The molecule has 6 heteroatoms. The van der Waals surface area contributed by atoms with Crippen molar-refractivity contribution in [3.05, 3.63) is 70.6 Å². The van der Waals surface area contributed by atoms with Gasteiger partial charge in [0, 0.05) is 11.1 Å². The van der Waals surface area contributed by atoms with Crippen LogP contribution >= 0.6 is 11.3 Å². The summed E-state index contributed by atoms with van der Waals surface area (Å²) < 4.78 is 5.35. The summed E-state index contributed by atoms with van der Waals surface area (Å²) in [6.45, 7) is 2.03. The highest BCUT2D eigenvalue weighted by molar-refractivity contribution is 7.18. The second kappa shape index (κ2) is 5.90. The van der Waals surface area contributed by atoms with Crippen molar-refractivity contribution in [2.24, 2.45) is 0 Å². The minimum atomic E-state index is -0.410. The summed E-state index contributed by atoms with van der Waals surface area (Å²) in [5.41, 5.74) is 2.68. The van der Waals surface area contributed by atoms with Crippen molar-refractivity contribution in [2.45, 2.75) is 6.92 Å². The summed E-state index contributed by atoms with van der Waals surface area (Å²) in [5, 5.41) is 13.4. The fourth-order valence-electron chi connectivity index (χ4n) is 2.35. The molecular weight excluding hydrogens is 322 g/mol. The Hall–Kier alpha value is -2.99. The van der Waals surface area contributed by atoms with E-state index < -0.39 is 5.63 Å². The Labute approximate surface area is 141 Å². The lowest BCUT2D eigenvalue weighted by molar-refractivity contribution is 0.563. The van der Waals surface area contributed by atoms with Crippen LogP contribution in [0, 0.1) is 6.92 Å². The van der Waals surface area contributed by atoms with Gasteiger partial charge in [-0.05, 0) is 31.2 Å². The Balaban J connectivity index is 1.68. The van der Waals surface area contributed by atoms with Gasteiger partial charge >= 0.3 is 5.63 Å². The van der Waals surface area contributed by atoms with Gasteiger partial charge in [-0.15, -0.1) is 10.2 Å². The van der Waals surface area contributed by atoms with E-state index in [9.17, 15) is 4.79 Å². The average Bonchev–Trinajstić information content (AvgIpc) is 3.04. The highest BCUT2D eigenvalue weighted by Gasteiger charge is 2.13. The minimum absolute atomic E-state index is 0.410. The average molecular weight is 335 g/mol. The summed E-state index contributed by atoms with van der Waals surface area (Å²) in [6, 6.07) is 17.2. The molecule has 0 amide bonds. The first kappa shape index (κ1) is 14.6. The molecule has 2 aromatic carbocycles. The predicted molar refractivity (Wildman–Crippen MR) is 95.8 cm³/mol. The molecule has 4 rings (SSSR count). The highest BCUT2D eigenvalue weighted by Crippen LogP contribution is 2.28. The third-order valence-corrected chi connectivity index (χ3v) is 4.47. The van der Waals surface area contributed by atoms with Crippen molar-refractivity contribution in [2.75, 3.05) is 5.32 Å². The first-order valence-corrected chi connectivity index (χ1v) is 8.21. The standard InChI is InChI=1S/C18H13N3O2S/c1-11-6-8-13(9-7-11)19-18-21-20-16(24-18)14-10-12-4-2-3-5-15(12)23-17(14)22/h2-10H,1H3,(H,19,21). The van der Waals surface area contributed by atoms with E-state index in [0.29, 0.717) is 21.3 Å². The zero-order chi connectivity index (χ0) is 16.5. The van der Waals surface area contributed by atoms with Crippen LogP contribution in [-0.4, -0.2) is 10.2 Å². The largest absolute Gasteiger partial charge is 0.422 e. The van der Waals surface area contributed by atoms with E-state index in [0.717, 1.165) is 11.1 Å². The molecule has 0 aliphatic carbocycles. The number of anilines is 2. The lowest BCUT2D eigenvalue weighted by Gasteiger charge is -2.01. The van der Waals surface area contributed by atoms with Crippen LogP contribution in [0.1, 0.15) is 5.56 Å². The van der Waals surface area contributed by atoms with Crippen LogP contribution in [0.2, 0.25) is 0 Å². The second-order valence-corrected chi connectivity index (χ2v) is 6.37. The van der Waals surface area contributed by atoms with E-state index in [-0.39, 0.29) is 0 Å². The fourth-order valence-corrected chi connectivity index (χ4v) is 3.12.